The molecule has 0 saturated carbocycles. The minimum absolute atomic E-state index is 0.319. The van der Waals surface area contributed by atoms with Gasteiger partial charge in [-0.3, -0.25) is 0 Å². The van der Waals surface area contributed by atoms with Crippen LogP contribution >= 0.6 is 0 Å². The van der Waals surface area contributed by atoms with E-state index in [2.05, 4.69) is 6.07 Å². The Morgan fingerprint density at radius 2 is 1.73 bits per heavy atom. The van der Waals surface area contributed by atoms with E-state index in [-0.39, 0.29) is 5.97 Å². The number of aryl methyl sites for hydroxylation is 1. The summed E-state index contributed by atoms with van der Waals surface area (Å²) < 4.78 is 11.2. The molecule has 0 aromatic heterocycles. The van der Waals surface area contributed by atoms with Gasteiger partial charge >= 0.3 is 5.97 Å². The number of benzene rings is 3. The van der Waals surface area contributed by atoms with Crippen LogP contribution in [0.25, 0.3) is 11.8 Å². The van der Waals surface area contributed by atoms with E-state index in [1.807, 2.05) is 73.7 Å². The van der Waals surface area contributed by atoms with Gasteiger partial charge in [-0.2, -0.15) is 5.26 Å². The molecule has 0 aliphatic carbocycles. The van der Waals surface area contributed by atoms with Crippen LogP contribution in [-0.2, 0) is 16.1 Å². The largest absolute Gasteiger partial charge is 0.489 e. The number of nitriles is 1. The predicted octanol–water partition coefficient (Wildman–Crippen LogP) is 5.43. The summed E-state index contributed by atoms with van der Waals surface area (Å²) >= 11 is 0. The third-order valence-electron chi connectivity index (χ3n) is 4.80. The molecule has 0 unspecified atom stereocenters. The molecule has 3 aromatic rings. The molecule has 0 N–H and O–H groups in total. The Hall–Kier alpha value is -4.10. The average molecular weight is 393 g/mol. The number of cyclic esters (lactones) is 1. The standard InChI is InChI=1S/C26H19NO3/c1-18-6-10-20(11-7-18)25-15-23(26(28)30-25)14-19-8-12-24(13-9-19)29-17-22-5-3-2-4-21(22)16-27/h2-15H,17H2,1H3. The summed E-state index contributed by atoms with van der Waals surface area (Å²) in [6, 6.07) is 24.8. The number of hydrogen-bond acceptors (Lipinski definition) is 4. The number of rotatable bonds is 5. The van der Waals surface area contributed by atoms with E-state index in [0.29, 0.717) is 29.3 Å². The minimum Gasteiger partial charge on any atom is -0.489 e. The fourth-order valence-electron chi connectivity index (χ4n) is 3.11. The van der Waals surface area contributed by atoms with E-state index < -0.39 is 0 Å². The van der Waals surface area contributed by atoms with Crippen molar-refractivity contribution in [2.75, 3.05) is 0 Å². The third kappa shape index (κ3) is 4.31. The van der Waals surface area contributed by atoms with Crippen LogP contribution in [0.4, 0.5) is 0 Å². The minimum atomic E-state index is -0.362. The zero-order valence-electron chi connectivity index (χ0n) is 16.5. The molecule has 4 rings (SSSR count). The van der Waals surface area contributed by atoms with Crippen molar-refractivity contribution in [2.24, 2.45) is 0 Å². The molecule has 0 amide bonds. The maximum absolute atomic E-state index is 12.2. The monoisotopic (exact) mass is 393 g/mol. The van der Waals surface area contributed by atoms with Crippen molar-refractivity contribution < 1.29 is 14.3 Å². The van der Waals surface area contributed by atoms with Crippen molar-refractivity contribution >= 4 is 17.8 Å². The lowest BCUT2D eigenvalue weighted by molar-refractivity contribution is -0.130. The molecular weight excluding hydrogens is 374 g/mol. The molecule has 0 radical (unpaired) electrons. The summed E-state index contributed by atoms with van der Waals surface area (Å²) in [7, 11) is 0. The second kappa shape index (κ2) is 8.50. The van der Waals surface area contributed by atoms with Gasteiger partial charge in [-0.1, -0.05) is 60.2 Å². The molecule has 1 heterocycles. The molecule has 0 bridgehead atoms. The predicted molar refractivity (Wildman–Crippen MR) is 115 cm³/mol. The van der Waals surface area contributed by atoms with Gasteiger partial charge in [0.05, 0.1) is 17.2 Å². The lowest BCUT2D eigenvalue weighted by Gasteiger charge is -2.07. The van der Waals surface area contributed by atoms with E-state index in [0.717, 1.165) is 22.3 Å². The quantitative estimate of drug-likeness (QED) is 0.429. The summed E-state index contributed by atoms with van der Waals surface area (Å²) in [5, 5.41) is 9.16. The van der Waals surface area contributed by atoms with Crippen LogP contribution in [0.3, 0.4) is 0 Å². The number of esters is 1. The lowest BCUT2D eigenvalue weighted by atomic mass is 10.1. The van der Waals surface area contributed by atoms with E-state index in [4.69, 9.17) is 14.7 Å². The molecule has 1 aliphatic heterocycles. The van der Waals surface area contributed by atoms with Gasteiger partial charge in [0, 0.05) is 11.1 Å². The fourth-order valence-corrected chi connectivity index (χ4v) is 3.11. The number of hydrogen-bond donors (Lipinski definition) is 0. The van der Waals surface area contributed by atoms with Crippen LogP contribution in [0, 0.1) is 18.3 Å². The topological polar surface area (TPSA) is 59.3 Å². The van der Waals surface area contributed by atoms with Gasteiger partial charge in [0.25, 0.3) is 0 Å². The maximum atomic E-state index is 12.2. The molecular formula is C26H19NO3. The highest BCUT2D eigenvalue weighted by atomic mass is 16.5. The molecule has 0 atom stereocenters. The molecule has 30 heavy (non-hydrogen) atoms. The van der Waals surface area contributed by atoms with Gasteiger partial charge in [0.1, 0.15) is 18.1 Å². The van der Waals surface area contributed by atoms with Gasteiger partial charge in [-0.15, -0.1) is 0 Å². The highest BCUT2D eigenvalue weighted by Gasteiger charge is 2.21. The molecule has 4 heteroatoms. The Balaban J connectivity index is 1.46. The van der Waals surface area contributed by atoms with E-state index in [9.17, 15) is 4.79 Å². The third-order valence-corrected chi connectivity index (χ3v) is 4.80. The molecule has 0 spiro atoms. The van der Waals surface area contributed by atoms with Crippen LogP contribution in [-0.4, -0.2) is 5.97 Å². The fraction of sp³-hybridized carbons (Fsp3) is 0.0769. The normalized spacial score (nSPS) is 14.2. The first-order valence-corrected chi connectivity index (χ1v) is 9.56. The molecule has 0 saturated heterocycles. The first-order valence-electron chi connectivity index (χ1n) is 9.56. The van der Waals surface area contributed by atoms with Crippen LogP contribution in [0.5, 0.6) is 5.75 Å². The lowest BCUT2D eigenvalue weighted by Crippen LogP contribution is -1.98. The van der Waals surface area contributed by atoms with Crippen molar-refractivity contribution in [1.82, 2.24) is 0 Å². The smallest absolute Gasteiger partial charge is 0.343 e. The van der Waals surface area contributed by atoms with Gasteiger partial charge in [-0.25, -0.2) is 4.79 Å². The van der Waals surface area contributed by atoms with Crippen LogP contribution in [0.2, 0.25) is 0 Å². The second-order valence-electron chi connectivity index (χ2n) is 6.99. The molecule has 1 aliphatic rings. The first-order chi connectivity index (χ1) is 14.6. The Kier molecular flexibility index (Phi) is 5.45. The van der Waals surface area contributed by atoms with E-state index in [1.54, 1.807) is 18.2 Å². The van der Waals surface area contributed by atoms with E-state index in [1.165, 1.54) is 0 Å². The van der Waals surface area contributed by atoms with Gasteiger partial charge in [0.15, 0.2) is 0 Å². The first kappa shape index (κ1) is 19.2. The zero-order valence-corrected chi connectivity index (χ0v) is 16.5. The van der Waals surface area contributed by atoms with Gasteiger partial charge < -0.3 is 9.47 Å². The molecule has 146 valence electrons. The maximum Gasteiger partial charge on any atom is 0.343 e. The summed E-state index contributed by atoms with van der Waals surface area (Å²) in [4.78, 5) is 12.2. The number of carbonyl (C=O) groups excluding carboxylic acids is 1. The Morgan fingerprint density at radius 3 is 2.47 bits per heavy atom. The number of ether oxygens (including phenoxy) is 2. The average Bonchev–Trinajstić information content (AvgIpc) is 3.14. The van der Waals surface area contributed by atoms with Crippen molar-refractivity contribution in [3.8, 4) is 11.8 Å². The Morgan fingerprint density at radius 1 is 1.00 bits per heavy atom. The summed E-state index contributed by atoms with van der Waals surface area (Å²) in [6.45, 7) is 2.33. The highest BCUT2D eigenvalue weighted by molar-refractivity contribution is 6.05. The van der Waals surface area contributed by atoms with Crippen molar-refractivity contribution in [1.29, 1.82) is 5.26 Å². The van der Waals surface area contributed by atoms with Crippen molar-refractivity contribution in [3.05, 3.63) is 112 Å². The number of carbonyl (C=O) groups is 1. The zero-order chi connectivity index (χ0) is 20.9. The van der Waals surface area contributed by atoms with Crippen LogP contribution < -0.4 is 4.74 Å². The SMILES string of the molecule is Cc1ccc(C2=CC(=Cc3ccc(OCc4ccccc4C#N)cc3)C(=O)O2)cc1. The van der Waals surface area contributed by atoms with Gasteiger partial charge in [-0.05, 0) is 42.8 Å². The molecule has 4 nitrogen and oxygen atoms in total. The van der Waals surface area contributed by atoms with E-state index >= 15 is 0 Å². The summed E-state index contributed by atoms with van der Waals surface area (Å²) in [5.74, 6) is 0.885. The second-order valence-corrected chi connectivity index (χ2v) is 6.99. The van der Waals surface area contributed by atoms with Crippen molar-refractivity contribution in [3.63, 3.8) is 0 Å². The van der Waals surface area contributed by atoms with Crippen LogP contribution in [0.15, 0.2) is 84.4 Å². The summed E-state index contributed by atoms with van der Waals surface area (Å²) in [5.41, 5.74) is 4.84. The molecule has 3 aromatic carbocycles. The van der Waals surface area contributed by atoms with Crippen LogP contribution in [0.1, 0.15) is 27.8 Å². The molecule has 0 fully saturated rings. The highest BCUT2D eigenvalue weighted by Crippen LogP contribution is 2.28. The number of nitrogens with zero attached hydrogens (tertiary/aromatic N) is 1. The van der Waals surface area contributed by atoms with Gasteiger partial charge in [0.2, 0.25) is 0 Å². The summed E-state index contributed by atoms with van der Waals surface area (Å²) in [6.07, 6.45) is 3.55. The Bertz CT molecular complexity index is 1180. The van der Waals surface area contributed by atoms with Crippen molar-refractivity contribution in [2.45, 2.75) is 13.5 Å². The Labute approximate surface area is 175 Å².